The minimum Gasteiger partial charge on any atom is -0.356 e. The van der Waals surface area contributed by atoms with Gasteiger partial charge in [0.2, 0.25) is 5.91 Å². The second kappa shape index (κ2) is 10.8. The van der Waals surface area contributed by atoms with Crippen molar-refractivity contribution in [3.8, 4) is 0 Å². The predicted octanol–water partition coefficient (Wildman–Crippen LogP) is 2.78. The van der Waals surface area contributed by atoms with Gasteiger partial charge in [0.1, 0.15) is 0 Å². The van der Waals surface area contributed by atoms with Crippen molar-refractivity contribution in [2.45, 2.75) is 64.5 Å². The van der Waals surface area contributed by atoms with Gasteiger partial charge in [0.15, 0.2) is 5.96 Å². The van der Waals surface area contributed by atoms with E-state index in [-0.39, 0.29) is 11.4 Å². The number of amides is 1. The van der Waals surface area contributed by atoms with Gasteiger partial charge in [0, 0.05) is 45.2 Å². The number of hydrogen-bond donors (Lipinski definition) is 2. The van der Waals surface area contributed by atoms with E-state index in [0.717, 1.165) is 45.0 Å². The number of nitrogens with zero attached hydrogens (tertiary/aromatic N) is 3. The van der Waals surface area contributed by atoms with Gasteiger partial charge in [-0.05, 0) is 63.7 Å². The van der Waals surface area contributed by atoms with Crippen molar-refractivity contribution in [2.24, 2.45) is 4.99 Å². The van der Waals surface area contributed by atoms with E-state index in [1.807, 2.05) is 4.90 Å². The van der Waals surface area contributed by atoms with Gasteiger partial charge in [-0.15, -0.1) is 0 Å². The third-order valence-electron chi connectivity index (χ3n) is 6.47. The number of benzene rings is 1. The third-order valence-corrected chi connectivity index (χ3v) is 6.47. The maximum Gasteiger partial charge on any atom is 0.222 e. The molecule has 0 aromatic heterocycles. The molecule has 0 bridgehead atoms. The van der Waals surface area contributed by atoms with Crippen LogP contribution in [0.5, 0.6) is 0 Å². The number of guanidine groups is 1. The predicted molar refractivity (Wildman–Crippen MR) is 124 cm³/mol. The minimum atomic E-state index is 0.110. The molecular weight excluding hydrogens is 374 g/mol. The molecule has 2 aliphatic heterocycles. The van der Waals surface area contributed by atoms with Gasteiger partial charge in [0.25, 0.3) is 0 Å². The van der Waals surface area contributed by atoms with Crippen LogP contribution in [0.3, 0.4) is 0 Å². The molecule has 2 heterocycles. The molecule has 6 nitrogen and oxygen atoms in total. The second-order valence-corrected chi connectivity index (χ2v) is 9.15. The summed E-state index contributed by atoms with van der Waals surface area (Å²) in [5.41, 5.74) is 2.78. The number of aliphatic imine (C=N–C) groups is 1. The summed E-state index contributed by atoms with van der Waals surface area (Å²) in [5.74, 6) is 1.07. The van der Waals surface area contributed by atoms with E-state index in [9.17, 15) is 4.79 Å². The lowest BCUT2D eigenvalue weighted by Gasteiger charge is -2.41. The molecule has 2 aliphatic rings. The van der Waals surface area contributed by atoms with Gasteiger partial charge in [-0.25, -0.2) is 0 Å². The fourth-order valence-electron chi connectivity index (χ4n) is 4.44. The van der Waals surface area contributed by atoms with Crippen molar-refractivity contribution >= 4 is 11.9 Å². The van der Waals surface area contributed by atoms with Crippen LogP contribution in [-0.4, -0.2) is 67.0 Å². The van der Waals surface area contributed by atoms with Crippen LogP contribution in [0.2, 0.25) is 0 Å². The van der Waals surface area contributed by atoms with Gasteiger partial charge < -0.3 is 15.5 Å². The number of carbonyl (C=O) groups is 1. The lowest BCUT2D eigenvalue weighted by atomic mass is 9.98. The summed E-state index contributed by atoms with van der Waals surface area (Å²) in [7, 11) is 1.81. The number of carbonyl (C=O) groups excluding carboxylic acids is 1. The smallest absolute Gasteiger partial charge is 0.222 e. The van der Waals surface area contributed by atoms with Crippen LogP contribution in [0.4, 0.5) is 0 Å². The molecule has 6 heteroatoms. The lowest BCUT2D eigenvalue weighted by molar-refractivity contribution is -0.132. The first-order valence-corrected chi connectivity index (χ1v) is 11.5. The normalized spacial score (nSPS) is 18.1. The maximum atomic E-state index is 12.6. The van der Waals surface area contributed by atoms with Crippen molar-refractivity contribution in [3.05, 3.63) is 35.4 Å². The lowest BCUT2D eigenvalue weighted by Crippen LogP contribution is -2.54. The number of rotatable bonds is 7. The van der Waals surface area contributed by atoms with Gasteiger partial charge in [-0.3, -0.25) is 14.7 Å². The summed E-state index contributed by atoms with van der Waals surface area (Å²) in [6, 6.07) is 8.45. The highest BCUT2D eigenvalue weighted by Crippen LogP contribution is 2.20. The zero-order valence-corrected chi connectivity index (χ0v) is 19.0. The molecule has 1 fully saturated rings. The van der Waals surface area contributed by atoms with Crippen LogP contribution in [0.15, 0.2) is 29.3 Å². The summed E-state index contributed by atoms with van der Waals surface area (Å²) in [4.78, 5) is 21.5. The molecule has 30 heavy (non-hydrogen) atoms. The topological polar surface area (TPSA) is 60.0 Å². The highest BCUT2D eigenvalue weighted by molar-refractivity contribution is 5.80. The standard InChI is InChI=1S/C24H39N5O/c1-24(2,29-15-7-4-8-16-29)19-27-23(25-3)26-14-9-12-22(30)28-17-13-20-10-5-6-11-21(20)18-28/h5-6,10-11H,4,7-9,12-19H2,1-3H3,(H2,25,26,27). The largest absolute Gasteiger partial charge is 0.356 e. The van der Waals surface area contributed by atoms with E-state index in [1.165, 1.54) is 43.5 Å². The first kappa shape index (κ1) is 22.6. The van der Waals surface area contributed by atoms with Gasteiger partial charge >= 0.3 is 0 Å². The van der Waals surface area contributed by atoms with E-state index in [1.54, 1.807) is 7.05 Å². The number of nitrogens with one attached hydrogen (secondary N) is 2. The monoisotopic (exact) mass is 413 g/mol. The number of piperidine rings is 1. The van der Waals surface area contributed by atoms with Crippen molar-refractivity contribution < 1.29 is 4.79 Å². The van der Waals surface area contributed by atoms with Crippen molar-refractivity contribution in [1.29, 1.82) is 0 Å². The molecule has 0 aliphatic carbocycles. The van der Waals surface area contributed by atoms with Crippen LogP contribution >= 0.6 is 0 Å². The Morgan fingerprint density at radius 1 is 1.07 bits per heavy atom. The highest BCUT2D eigenvalue weighted by Gasteiger charge is 2.28. The van der Waals surface area contributed by atoms with Crippen molar-refractivity contribution in [3.63, 3.8) is 0 Å². The van der Waals surface area contributed by atoms with Crippen LogP contribution in [0.1, 0.15) is 57.1 Å². The zero-order valence-electron chi connectivity index (χ0n) is 19.0. The third kappa shape index (κ3) is 6.21. The first-order valence-electron chi connectivity index (χ1n) is 11.5. The summed E-state index contributed by atoms with van der Waals surface area (Å²) in [5, 5.41) is 6.84. The Morgan fingerprint density at radius 2 is 1.80 bits per heavy atom. The van der Waals surface area contributed by atoms with Crippen LogP contribution in [-0.2, 0) is 17.8 Å². The second-order valence-electron chi connectivity index (χ2n) is 9.15. The number of fused-ring (bicyclic) bond motifs is 1. The Balaban J connectivity index is 1.35. The van der Waals surface area contributed by atoms with Crippen LogP contribution in [0, 0.1) is 0 Å². The molecule has 1 saturated heterocycles. The molecule has 1 aromatic rings. The SMILES string of the molecule is CN=C(NCCCC(=O)N1CCc2ccccc2C1)NCC(C)(C)N1CCCCC1. The maximum absolute atomic E-state index is 12.6. The molecule has 0 radical (unpaired) electrons. The average molecular weight is 414 g/mol. The first-order chi connectivity index (χ1) is 14.5. The fourth-order valence-corrected chi connectivity index (χ4v) is 4.44. The minimum absolute atomic E-state index is 0.110. The molecule has 1 aromatic carbocycles. The van der Waals surface area contributed by atoms with Gasteiger partial charge in [-0.1, -0.05) is 30.7 Å². The molecule has 1 amide bonds. The van der Waals surface area contributed by atoms with E-state index in [0.29, 0.717) is 6.42 Å². The van der Waals surface area contributed by atoms with E-state index < -0.39 is 0 Å². The summed E-state index contributed by atoms with van der Waals surface area (Å²) < 4.78 is 0. The fraction of sp³-hybridized carbons (Fsp3) is 0.667. The highest BCUT2D eigenvalue weighted by atomic mass is 16.2. The van der Waals surface area contributed by atoms with Crippen molar-refractivity contribution in [1.82, 2.24) is 20.4 Å². The molecule has 3 rings (SSSR count). The van der Waals surface area contributed by atoms with E-state index in [4.69, 9.17) is 0 Å². The molecule has 0 saturated carbocycles. The molecule has 0 unspecified atom stereocenters. The summed E-state index contributed by atoms with van der Waals surface area (Å²) in [6.45, 7) is 10.2. The molecule has 0 atom stereocenters. The van der Waals surface area contributed by atoms with Crippen LogP contribution < -0.4 is 10.6 Å². The van der Waals surface area contributed by atoms with E-state index in [2.05, 4.69) is 58.6 Å². The van der Waals surface area contributed by atoms with Gasteiger partial charge in [0.05, 0.1) is 0 Å². The molecule has 0 spiro atoms. The Bertz CT molecular complexity index is 724. The average Bonchev–Trinajstić information content (AvgIpc) is 2.78. The molecule has 166 valence electrons. The zero-order chi connectivity index (χ0) is 21.4. The number of likely N-dealkylation sites (tertiary alicyclic amines) is 1. The molecule has 2 N–H and O–H groups in total. The summed E-state index contributed by atoms with van der Waals surface area (Å²) >= 11 is 0. The Kier molecular flexibility index (Phi) is 8.14. The Morgan fingerprint density at radius 3 is 2.53 bits per heavy atom. The Labute approximate surface area is 182 Å². The van der Waals surface area contributed by atoms with Crippen molar-refractivity contribution in [2.75, 3.05) is 39.8 Å². The quantitative estimate of drug-likeness (QED) is 0.410. The summed E-state index contributed by atoms with van der Waals surface area (Å²) in [6.07, 6.45) is 6.30. The number of hydrogen-bond acceptors (Lipinski definition) is 3. The molecular formula is C24H39N5O. The van der Waals surface area contributed by atoms with E-state index >= 15 is 0 Å². The van der Waals surface area contributed by atoms with Crippen LogP contribution in [0.25, 0.3) is 0 Å². The Hall–Kier alpha value is -2.08. The van der Waals surface area contributed by atoms with Gasteiger partial charge in [-0.2, -0.15) is 0 Å².